The van der Waals surface area contributed by atoms with Crippen molar-refractivity contribution in [2.45, 2.75) is 26.2 Å². The van der Waals surface area contributed by atoms with Gasteiger partial charge in [-0.05, 0) is 61.2 Å². The number of halogens is 1. The summed E-state index contributed by atoms with van der Waals surface area (Å²) in [5, 5.41) is 3.64. The van der Waals surface area contributed by atoms with Crippen LogP contribution in [0.15, 0.2) is 42.5 Å². The summed E-state index contributed by atoms with van der Waals surface area (Å²) >= 11 is 5.97. The Bertz CT molecular complexity index is 672. The molecule has 0 aromatic heterocycles. The van der Waals surface area contributed by atoms with E-state index in [9.17, 15) is 4.79 Å². The Hall–Kier alpha value is -2.20. The van der Waals surface area contributed by atoms with Gasteiger partial charge in [-0.15, -0.1) is 0 Å². The largest absolute Gasteiger partial charge is 0.494 e. The Kier molecular flexibility index (Phi) is 6.94. The molecule has 4 nitrogen and oxygen atoms in total. The van der Waals surface area contributed by atoms with Crippen molar-refractivity contribution in [2.75, 3.05) is 18.9 Å². The molecule has 1 amide bonds. The molecule has 0 radical (unpaired) electrons. The number of nitrogen functional groups attached to an aromatic ring is 1. The maximum atomic E-state index is 11.8. The van der Waals surface area contributed by atoms with Gasteiger partial charge in [0.1, 0.15) is 5.75 Å². The second kappa shape index (κ2) is 9.18. The fourth-order valence-corrected chi connectivity index (χ4v) is 2.37. The lowest BCUT2D eigenvalue weighted by atomic mass is 10.1. The Morgan fingerprint density at radius 3 is 2.67 bits per heavy atom. The van der Waals surface area contributed by atoms with Gasteiger partial charge in [0, 0.05) is 23.7 Å². The first kappa shape index (κ1) is 18.1. The quantitative estimate of drug-likeness (QED) is 0.565. The topological polar surface area (TPSA) is 64.3 Å². The molecule has 0 spiro atoms. The number of benzene rings is 2. The van der Waals surface area contributed by atoms with Crippen molar-refractivity contribution in [3.8, 4) is 5.75 Å². The molecule has 0 heterocycles. The van der Waals surface area contributed by atoms with Gasteiger partial charge < -0.3 is 15.8 Å². The van der Waals surface area contributed by atoms with Gasteiger partial charge >= 0.3 is 0 Å². The third kappa shape index (κ3) is 6.13. The maximum Gasteiger partial charge on any atom is 0.220 e. The first-order valence-electron chi connectivity index (χ1n) is 8.04. The second-order valence-electron chi connectivity index (χ2n) is 5.70. The molecule has 0 bridgehead atoms. The van der Waals surface area contributed by atoms with E-state index in [1.165, 1.54) is 0 Å². The molecule has 3 N–H and O–H groups in total. The van der Waals surface area contributed by atoms with Gasteiger partial charge in [-0.3, -0.25) is 4.79 Å². The maximum absolute atomic E-state index is 11.8. The van der Waals surface area contributed by atoms with E-state index >= 15 is 0 Å². The average molecular weight is 347 g/mol. The van der Waals surface area contributed by atoms with Crippen molar-refractivity contribution < 1.29 is 9.53 Å². The zero-order valence-corrected chi connectivity index (χ0v) is 14.6. The SMILES string of the molecule is Cc1cc(OCCCC(=O)NCCc2ccc(N)cc2)ccc1Cl. The minimum absolute atomic E-state index is 0.0429. The number of hydrogen-bond donors (Lipinski definition) is 2. The third-order valence-corrected chi connectivity index (χ3v) is 4.09. The van der Waals surface area contributed by atoms with Crippen LogP contribution in [0, 0.1) is 6.92 Å². The monoisotopic (exact) mass is 346 g/mol. The number of aryl methyl sites for hydroxylation is 1. The summed E-state index contributed by atoms with van der Waals surface area (Å²) in [5.41, 5.74) is 8.53. The van der Waals surface area contributed by atoms with Gasteiger partial charge in [-0.1, -0.05) is 23.7 Å². The lowest BCUT2D eigenvalue weighted by Gasteiger charge is -2.08. The number of anilines is 1. The molecule has 0 saturated heterocycles. The predicted molar refractivity (Wildman–Crippen MR) is 98.5 cm³/mol. The van der Waals surface area contributed by atoms with Crippen LogP contribution in [0.25, 0.3) is 0 Å². The fourth-order valence-electron chi connectivity index (χ4n) is 2.25. The van der Waals surface area contributed by atoms with Gasteiger partial charge in [-0.25, -0.2) is 0 Å². The lowest BCUT2D eigenvalue weighted by Crippen LogP contribution is -2.25. The first-order chi connectivity index (χ1) is 11.5. The van der Waals surface area contributed by atoms with Crippen molar-refractivity contribution >= 4 is 23.2 Å². The molecule has 0 saturated carbocycles. The summed E-state index contributed by atoms with van der Waals surface area (Å²) in [6.07, 6.45) is 1.93. The normalized spacial score (nSPS) is 10.4. The smallest absolute Gasteiger partial charge is 0.220 e. The first-order valence-corrected chi connectivity index (χ1v) is 8.42. The van der Waals surface area contributed by atoms with E-state index in [1.54, 1.807) is 0 Å². The van der Waals surface area contributed by atoms with Crippen molar-refractivity contribution in [1.82, 2.24) is 5.32 Å². The van der Waals surface area contributed by atoms with Crippen LogP contribution in [-0.4, -0.2) is 19.1 Å². The van der Waals surface area contributed by atoms with Crippen LogP contribution in [0.1, 0.15) is 24.0 Å². The van der Waals surface area contributed by atoms with Crippen LogP contribution in [0.2, 0.25) is 5.02 Å². The van der Waals surface area contributed by atoms with Gasteiger partial charge in [0.2, 0.25) is 5.91 Å². The third-order valence-electron chi connectivity index (χ3n) is 3.66. The predicted octanol–water partition coefficient (Wildman–Crippen LogP) is 3.75. The van der Waals surface area contributed by atoms with Crippen molar-refractivity contribution in [3.05, 3.63) is 58.6 Å². The molecule has 0 unspecified atom stereocenters. The molecule has 2 rings (SSSR count). The van der Waals surface area contributed by atoms with E-state index in [0.29, 0.717) is 26.0 Å². The van der Waals surface area contributed by atoms with E-state index < -0.39 is 0 Å². The number of rotatable bonds is 8. The summed E-state index contributed by atoms with van der Waals surface area (Å²) in [6, 6.07) is 13.2. The standard InChI is InChI=1S/C19H23ClN2O2/c1-14-13-17(8-9-18(14)20)24-12-2-3-19(23)22-11-10-15-4-6-16(21)7-5-15/h4-9,13H,2-3,10-12,21H2,1H3,(H,22,23). The molecule has 0 aliphatic carbocycles. The number of nitrogens with two attached hydrogens (primary N) is 1. The number of amides is 1. The minimum Gasteiger partial charge on any atom is -0.494 e. The number of nitrogens with one attached hydrogen (secondary N) is 1. The highest BCUT2D eigenvalue weighted by molar-refractivity contribution is 6.31. The van der Waals surface area contributed by atoms with E-state index in [0.717, 1.165) is 34.0 Å². The van der Waals surface area contributed by atoms with Gasteiger partial charge in [0.05, 0.1) is 6.61 Å². The molecule has 0 aliphatic heterocycles. The Labute approximate surface area is 148 Å². The summed E-state index contributed by atoms with van der Waals surface area (Å²) in [4.78, 5) is 11.8. The number of carbonyl (C=O) groups excluding carboxylic acids is 1. The molecule has 0 atom stereocenters. The van der Waals surface area contributed by atoms with E-state index in [2.05, 4.69) is 5.32 Å². The highest BCUT2D eigenvalue weighted by atomic mass is 35.5. The summed E-state index contributed by atoms with van der Waals surface area (Å²) in [5.74, 6) is 0.821. The Balaban J connectivity index is 1.59. The molecule has 24 heavy (non-hydrogen) atoms. The number of hydrogen-bond acceptors (Lipinski definition) is 3. The molecule has 2 aromatic rings. The van der Waals surface area contributed by atoms with Crippen molar-refractivity contribution in [1.29, 1.82) is 0 Å². The van der Waals surface area contributed by atoms with E-state index in [4.69, 9.17) is 22.1 Å². The van der Waals surface area contributed by atoms with Crippen LogP contribution >= 0.6 is 11.6 Å². The lowest BCUT2D eigenvalue weighted by molar-refractivity contribution is -0.121. The summed E-state index contributed by atoms with van der Waals surface area (Å²) in [6.45, 7) is 3.07. The number of ether oxygens (including phenoxy) is 1. The van der Waals surface area contributed by atoms with Crippen LogP contribution < -0.4 is 15.8 Å². The summed E-state index contributed by atoms with van der Waals surface area (Å²) < 4.78 is 5.63. The highest BCUT2D eigenvalue weighted by Gasteiger charge is 2.03. The minimum atomic E-state index is 0.0429. The second-order valence-corrected chi connectivity index (χ2v) is 6.11. The molecule has 2 aromatic carbocycles. The van der Waals surface area contributed by atoms with Crippen LogP contribution in [0.3, 0.4) is 0 Å². The molecule has 128 valence electrons. The van der Waals surface area contributed by atoms with E-state index in [1.807, 2.05) is 49.4 Å². The van der Waals surface area contributed by atoms with Crippen LogP contribution in [-0.2, 0) is 11.2 Å². The Morgan fingerprint density at radius 2 is 1.96 bits per heavy atom. The zero-order valence-electron chi connectivity index (χ0n) is 13.8. The van der Waals surface area contributed by atoms with E-state index in [-0.39, 0.29) is 5.91 Å². The zero-order chi connectivity index (χ0) is 17.4. The average Bonchev–Trinajstić information content (AvgIpc) is 2.56. The molecule has 0 aliphatic rings. The van der Waals surface area contributed by atoms with Gasteiger partial charge in [-0.2, -0.15) is 0 Å². The van der Waals surface area contributed by atoms with Crippen molar-refractivity contribution in [3.63, 3.8) is 0 Å². The molecule has 0 fully saturated rings. The van der Waals surface area contributed by atoms with Gasteiger partial charge in [0.25, 0.3) is 0 Å². The molecular formula is C19H23ClN2O2. The molecular weight excluding hydrogens is 324 g/mol. The molecule has 5 heteroatoms. The Morgan fingerprint density at radius 1 is 1.21 bits per heavy atom. The number of carbonyl (C=O) groups is 1. The van der Waals surface area contributed by atoms with Crippen LogP contribution in [0.4, 0.5) is 5.69 Å². The van der Waals surface area contributed by atoms with Crippen molar-refractivity contribution in [2.24, 2.45) is 0 Å². The highest BCUT2D eigenvalue weighted by Crippen LogP contribution is 2.21. The van der Waals surface area contributed by atoms with Gasteiger partial charge in [0.15, 0.2) is 0 Å². The van der Waals surface area contributed by atoms with Crippen LogP contribution in [0.5, 0.6) is 5.75 Å². The fraction of sp³-hybridized carbons (Fsp3) is 0.316. The summed E-state index contributed by atoms with van der Waals surface area (Å²) in [7, 11) is 0.